The molecule has 0 aromatic heterocycles. The number of rotatable bonds is 2. The summed E-state index contributed by atoms with van der Waals surface area (Å²) in [5.74, 6) is 0.396. The van der Waals surface area contributed by atoms with Crippen molar-refractivity contribution in [2.75, 3.05) is 18.6 Å². The van der Waals surface area contributed by atoms with Crippen LogP contribution in [-0.4, -0.2) is 34.8 Å². The highest BCUT2D eigenvalue weighted by Gasteiger charge is 2.31. The van der Waals surface area contributed by atoms with Crippen LogP contribution in [0.3, 0.4) is 0 Å². The zero-order chi connectivity index (χ0) is 13.1. The third-order valence-corrected chi connectivity index (χ3v) is 4.49. The third-order valence-electron chi connectivity index (χ3n) is 2.84. The summed E-state index contributed by atoms with van der Waals surface area (Å²) in [6.45, 7) is 0. The van der Waals surface area contributed by atoms with Gasteiger partial charge in [-0.1, -0.05) is 23.7 Å². The van der Waals surface area contributed by atoms with Crippen molar-refractivity contribution >= 4 is 28.4 Å². The van der Waals surface area contributed by atoms with E-state index in [4.69, 9.17) is 11.6 Å². The lowest BCUT2D eigenvalue weighted by molar-refractivity contribution is -0.142. The molecule has 1 aromatic rings. The molecule has 1 aliphatic heterocycles. The predicted molar refractivity (Wildman–Crippen MR) is 71.0 cm³/mol. The van der Waals surface area contributed by atoms with Crippen LogP contribution < -0.4 is 5.32 Å². The van der Waals surface area contributed by atoms with Crippen molar-refractivity contribution in [1.82, 2.24) is 5.32 Å². The number of nitrogens with one attached hydrogen (secondary N) is 1. The molecule has 98 valence electrons. The maximum atomic E-state index is 11.8. The zero-order valence-corrected chi connectivity index (χ0v) is 11.5. The summed E-state index contributed by atoms with van der Waals surface area (Å²) >= 11 is 5.93. The van der Waals surface area contributed by atoms with E-state index in [0.717, 1.165) is 5.56 Å². The predicted octanol–water partition coefficient (Wildman–Crippen LogP) is 1.27. The fraction of sp³-hybridized carbons (Fsp3) is 0.417. The van der Waals surface area contributed by atoms with Crippen LogP contribution in [0.25, 0.3) is 0 Å². The first kappa shape index (κ1) is 13.5. The number of methoxy groups -OCH3 is 1. The molecule has 3 atom stereocenters. The van der Waals surface area contributed by atoms with E-state index >= 15 is 0 Å². The van der Waals surface area contributed by atoms with Crippen LogP contribution in [-0.2, 0) is 20.3 Å². The Hall–Kier alpha value is -0.910. The van der Waals surface area contributed by atoms with Gasteiger partial charge >= 0.3 is 5.97 Å². The Morgan fingerprint density at radius 2 is 2.28 bits per heavy atom. The van der Waals surface area contributed by atoms with Crippen molar-refractivity contribution in [2.24, 2.45) is 0 Å². The number of benzene rings is 1. The second-order valence-electron chi connectivity index (χ2n) is 4.12. The Balaban J connectivity index is 2.18. The van der Waals surface area contributed by atoms with Crippen molar-refractivity contribution < 1.29 is 13.7 Å². The smallest absolute Gasteiger partial charge is 0.323 e. The molecule has 1 aliphatic rings. The fourth-order valence-corrected chi connectivity index (χ4v) is 3.57. The number of carbonyl (C=O) groups excluding carboxylic acids is 1. The first-order chi connectivity index (χ1) is 8.60. The summed E-state index contributed by atoms with van der Waals surface area (Å²) < 4.78 is 16.5. The summed E-state index contributed by atoms with van der Waals surface area (Å²) in [5.41, 5.74) is 0.935. The summed E-state index contributed by atoms with van der Waals surface area (Å²) in [4.78, 5) is 11.5. The average Bonchev–Trinajstić information content (AvgIpc) is 2.37. The van der Waals surface area contributed by atoms with Gasteiger partial charge in [-0.05, 0) is 17.7 Å². The van der Waals surface area contributed by atoms with Crippen molar-refractivity contribution in [3.63, 3.8) is 0 Å². The molecule has 1 aromatic carbocycles. The van der Waals surface area contributed by atoms with Crippen molar-refractivity contribution in [2.45, 2.75) is 12.1 Å². The molecule has 0 amide bonds. The second-order valence-corrected chi connectivity index (χ2v) is 6.11. The molecule has 4 nitrogen and oxygen atoms in total. The Labute approximate surface area is 113 Å². The van der Waals surface area contributed by atoms with E-state index in [2.05, 4.69) is 10.1 Å². The zero-order valence-electron chi connectivity index (χ0n) is 9.89. The van der Waals surface area contributed by atoms with Crippen molar-refractivity contribution in [3.8, 4) is 0 Å². The molecule has 2 rings (SSSR count). The molecule has 3 unspecified atom stereocenters. The number of hydrogen-bond acceptors (Lipinski definition) is 4. The molecule has 1 heterocycles. The van der Waals surface area contributed by atoms with Gasteiger partial charge in [0.15, 0.2) is 0 Å². The largest absolute Gasteiger partial charge is 0.468 e. The lowest BCUT2D eigenvalue weighted by Gasteiger charge is -2.29. The van der Waals surface area contributed by atoms with E-state index in [1.54, 1.807) is 6.07 Å². The molecule has 6 heteroatoms. The first-order valence-electron chi connectivity index (χ1n) is 5.54. The quantitative estimate of drug-likeness (QED) is 0.833. The molecule has 0 spiro atoms. The van der Waals surface area contributed by atoms with Gasteiger partial charge in [-0.2, -0.15) is 0 Å². The number of esters is 1. The van der Waals surface area contributed by atoms with Crippen LogP contribution in [0, 0.1) is 0 Å². The summed E-state index contributed by atoms with van der Waals surface area (Å²) in [5, 5.41) is 3.78. The molecular weight excluding hydrogens is 274 g/mol. The Morgan fingerprint density at radius 1 is 1.50 bits per heavy atom. The monoisotopic (exact) mass is 287 g/mol. The number of halogens is 1. The van der Waals surface area contributed by atoms with Gasteiger partial charge in [0.1, 0.15) is 6.04 Å². The maximum Gasteiger partial charge on any atom is 0.323 e. The maximum absolute atomic E-state index is 11.8. The van der Waals surface area contributed by atoms with E-state index in [1.165, 1.54) is 7.11 Å². The average molecular weight is 288 g/mol. The molecule has 0 aliphatic carbocycles. The third kappa shape index (κ3) is 3.10. The number of carbonyl (C=O) groups is 1. The van der Waals surface area contributed by atoms with Crippen molar-refractivity contribution in [1.29, 1.82) is 0 Å². The SMILES string of the molecule is COC(=O)C1CS(=O)CC(c2cccc(Cl)c2)N1. The number of ether oxygens (including phenoxy) is 1. The molecule has 0 bridgehead atoms. The van der Waals surface area contributed by atoms with E-state index in [-0.39, 0.29) is 12.0 Å². The van der Waals surface area contributed by atoms with Gasteiger partial charge in [-0.15, -0.1) is 0 Å². The topological polar surface area (TPSA) is 55.4 Å². The van der Waals surface area contributed by atoms with E-state index in [9.17, 15) is 9.00 Å². The Morgan fingerprint density at radius 3 is 2.94 bits per heavy atom. The molecule has 0 saturated carbocycles. The van der Waals surface area contributed by atoms with Crippen LogP contribution >= 0.6 is 11.6 Å². The van der Waals surface area contributed by atoms with Gasteiger partial charge in [-0.3, -0.25) is 14.3 Å². The van der Waals surface area contributed by atoms with Crippen LogP contribution in [0.2, 0.25) is 5.02 Å². The summed E-state index contributed by atoms with van der Waals surface area (Å²) in [6.07, 6.45) is 0. The van der Waals surface area contributed by atoms with E-state index < -0.39 is 16.8 Å². The fourth-order valence-electron chi connectivity index (χ4n) is 1.97. The van der Waals surface area contributed by atoms with Gasteiger partial charge < -0.3 is 4.74 Å². The Bertz CT molecular complexity index is 480. The molecule has 1 saturated heterocycles. The van der Waals surface area contributed by atoms with Gasteiger partial charge in [-0.25, -0.2) is 0 Å². The molecule has 0 radical (unpaired) electrons. The van der Waals surface area contributed by atoms with Crippen LogP contribution in [0.15, 0.2) is 24.3 Å². The highest BCUT2D eigenvalue weighted by atomic mass is 35.5. The molecular formula is C12H14ClNO3S. The van der Waals surface area contributed by atoms with E-state index in [0.29, 0.717) is 16.5 Å². The number of hydrogen-bond donors (Lipinski definition) is 1. The lowest BCUT2D eigenvalue weighted by Crippen LogP contribution is -2.49. The molecule has 1 fully saturated rings. The van der Waals surface area contributed by atoms with Gasteiger partial charge in [0, 0.05) is 33.4 Å². The van der Waals surface area contributed by atoms with E-state index in [1.807, 2.05) is 18.2 Å². The van der Waals surface area contributed by atoms with Gasteiger partial charge in [0.2, 0.25) is 0 Å². The summed E-state index contributed by atoms with van der Waals surface area (Å²) in [7, 11) is 0.293. The minimum atomic E-state index is -1.04. The Kier molecular flexibility index (Phi) is 4.37. The second kappa shape index (κ2) is 5.82. The van der Waals surface area contributed by atoms with Gasteiger partial charge in [0.05, 0.1) is 7.11 Å². The minimum absolute atomic E-state index is 0.137. The highest BCUT2D eigenvalue weighted by Crippen LogP contribution is 2.22. The van der Waals surface area contributed by atoms with Crippen LogP contribution in [0.4, 0.5) is 0 Å². The summed E-state index contributed by atoms with van der Waals surface area (Å²) in [6, 6.07) is 6.68. The standard InChI is InChI=1S/C12H14ClNO3S/c1-17-12(15)11-7-18(16)6-10(14-11)8-3-2-4-9(13)5-8/h2-5,10-11,14H,6-7H2,1H3. The normalized spacial score (nSPS) is 27.8. The molecule has 1 N–H and O–H groups in total. The van der Waals surface area contributed by atoms with Crippen LogP contribution in [0.5, 0.6) is 0 Å². The van der Waals surface area contributed by atoms with Crippen LogP contribution in [0.1, 0.15) is 11.6 Å². The lowest BCUT2D eigenvalue weighted by atomic mass is 10.1. The van der Waals surface area contributed by atoms with Crippen molar-refractivity contribution in [3.05, 3.63) is 34.9 Å². The highest BCUT2D eigenvalue weighted by molar-refractivity contribution is 7.85. The molecule has 18 heavy (non-hydrogen) atoms. The minimum Gasteiger partial charge on any atom is -0.468 e. The van der Waals surface area contributed by atoms with Gasteiger partial charge in [0.25, 0.3) is 0 Å². The first-order valence-corrected chi connectivity index (χ1v) is 7.41.